The number of ether oxygens (including phenoxy) is 1. The fourth-order valence-electron chi connectivity index (χ4n) is 4.17. The van der Waals surface area contributed by atoms with Gasteiger partial charge >= 0.3 is 6.01 Å². The van der Waals surface area contributed by atoms with Gasteiger partial charge in [-0.05, 0) is 42.3 Å². The highest BCUT2D eigenvalue weighted by atomic mass is 32.2. The van der Waals surface area contributed by atoms with Crippen LogP contribution in [0.2, 0.25) is 0 Å². The molecule has 2 heterocycles. The third kappa shape index (κ3) is 3.08. The number of alkyl halides is 1. The molecule has 0 unspecified atom stereocenters. The van der Waals surface area contributed by atoms with Gasteiger partial charge in [0.15, 0.2) is 0 Å². The molecule has 0 radical (unpaired) electrons. The van der Waals surface area contributed by atoms with Crippen LogP contribution in [0.4, 0.5) is 4.39 Å². The molecule has 0 spiro atoms. The lowest BCUT2D eigenvalue weighted by molar-refractivity contribution is 0.0926. The summed E-state index contributed by atoms with van der Waals surface area (Å²) in [4.78, 5) is 8.34. The Bertz CT molecular complexity index is 1430. The lowest BCUT2D eigenvalue weighted by Gasteiger charge is -2.13. The van der Waals surface area contributed by atoms with Crippen molar-refractivity contribution in [2.45, 2.75) is 30.5 Å². The molecule has 0 saturated carbocycles. The quantitative estimate of drug-likeness (QED) is 0.508. The highest BCUT2D eigenvalue weighted by Gasteiger charge is 2.34. The summed E-state index contributed by atoms with van der Waals surface area (Å²) in [6.07, 6.45) is 0.323. The molecule has 2 aromatic heterocycles. The predicted molar refractivity (Wildman–Crippen MR) is 117 cm³/mol. The molecule has 164 valence electrons. The fourth-order valence-corrected chi connectivity index (χ4v) is 5.69. The van der Waals surface area contributed by atoms with Gasteiger partial charge < -0.3 is 9.84 Å². The van der Waals surface area contributed by atoms with Crippen molar-refractivity contribution < 1.29 is 22.7 Å². The molecule has 1 aliphatic rings. The molecule has 0 fully saturated rings. The van der Waals surface area contributed by atoms with Crippen molar-refractivity contribution in [1.29, 1.82) is 0 Å². The van der Waals surface area contributed by atoms with E-state index in [9.17, 15) is 17.9 Å². The number of aromatic nitrogens is 3. The molecule has 2 atom stereocenters. The standard InChI is InChI=1S/C23H20FN3O4S/c1-13-3-5-15(6-4-13)32(29,30)27-20-8-7-16-17(9-19(24)22(16)28)18(20)10-21(27)14-11-25-23(31-2)26-12-14/h3-8,10-12,19,22,28H,9H2,1-2H3/t19-,22+/m0/s1. The number of aliphatic hydroxyl groups excluding tert-OH is 1. The Morgan fingerprint density at radius 3 is 2.47 bits per heavy atom. The molecule has 2 aromatic carbocycles. The van der Waals surface area contributed by atoms with Crippen LogP contribution in [0.5, 0.6) is 6.01 Å². The number of nitrogens with zero attached hydrogens (tertiary/aromatic N) is 3. The van der Waals surface area contributed by atoms with Crippen LogP contribution in [0, 0.1) is 6.92 Å². The zero-order valence-electron chi connectivity index (χ0n) is 17.4. The molecule has 4 aromatic rings. The number of benzene rings is 2. The van der Waals surface area contributed by atoms with Crippen molar-refractivity contribution in [3.63, 3.8) is 0 Å². The molecular formula is C23H20FN3O4S. The van der Waals surface area contributed by atoms with Gasteiger partial charge in [-0.3, -0.25) is 0 Å². The van der Waals surface area contributed by atoms with Crippen molar-refractivity contribution in [3.8, 4) is 17.3 Å². The van der Waals surface area contributed by atoms with Crippen molar-refractivity contribution >= 4 is 20.9 Å². The normalized spacial score (nSPS) is 18.1. The van der Waals surface area contributed by atoms with Gasteiger partial charge in [0.1, 0.15) is 12.3 Å². The third-order valence-corrected chi connectivity index (χ3v) is 7.56. The van der Waals surface area contributed by atoms with Gasteiger partial charge in [-0.15, -0.1) is 0 Å². The highest BCUT2D eigenvalue weighted by Crippen LogP contribution is 2.41. The van der Waals surface area contributed by atoms with E-state index in [1.807, 2.05) is 6.92 Å². The van der Waals surface area contributed by atoms with Crippen molar-refractivity contribution in [1.82, 2.24) is 13.9 Å². The summed E-state index contributed by atoms with van der Waals surface area (Å²) in [5.41, 5.74) is 3.22. The Hall–Kier alpha value is -3.30. The van der Waals surface area contributed by atoms with Gasteiger partial charge in [-0.2, -0.15) is 0 Å². The van der Waals surface area contributed by atoms with Crippen LogP contribution >= 0.6 is 0 Å². The Labute approximate surface area is 184 Å². The van der Waals surface area contributed by atoms with Gasteiger partial charge in [-0.25, -0.2) is 26.7 Å². The minimum Gasteiger partial charge on any atom is -0.467 e. The van der Waals surface area contributed by atoms with Crippen LogP contribution in [-0.4, -0.2) is 40.7 Å². The fraction of sp³-hybridized carbons (Fsp3) is 0.217. The van der Waals surface area contributed by atoms with E-state index in [-0.39, 0.29) is 17.3 Å². The second kappa shape index (κ2) is 7.39. The molecule has 0 aliphatic heterocycles. The number of fused-ring (bicyclic) bond motifs is 3. The van der Waals surface area contributed by atoms with E-state index in [0.29, 0.717) is 33.3 Å². The molecule has 32 heavy (non-hydrogen) atoms. The van der Waals surface area contributed by atoms with E-state index in [0.717, 1.165) is 5.56 Å². The summed E-state index contributed by atoms with van der Waals surface area (Å²) in [6, 6.07) is 11.6. The average Bonchev–Trinajstić information content (AvgIpc) is 3.32. The van der Waals surface area contributed by atoms with Crippen LogP contribution < -0.4 is 4.74 Å². The maximum Gasteiger partial charge on any atom is 0.316 e. The van der Waals surface area contributed by atoms with Gasteiger partial charge in [0.2, 0.25) is 0 Å². The van der Waals surface area contributed by atoms with Gasteiger partial charge in [-0.1, -0.05) is 23.8 Å². The Kier molecular flexibility index (Phi) is 4.75. The molecule has 7 nitrogen and oxygen atoms in total. The van der Waals surface area contributed by atoms with Gasteiger partial charge in [0, 0.05) is 29.8 Å². The summed E-state index contributed by atoms with van der Waals surface area (Å²) in [5.74, 6) is 0. The average molecular weight is 453 g/mol. The predicted octanol–water partition coefficient (Wildman–Crippen LogP) is 3.58. The van der Waals surface area contributed by atoms with E-state index < -0.39 is 22.3 Å². The van der Waals surface area contributed by atoms with Crippen LogP contribution in [0.1, 0.15) is 22.8 Å². The second-order valence-corrected chi connectivity index (χ2v) is 9.59. The van der Waals surface area contributed by atoms with Crippen molar-refractivity contribution in [3.05, 3.63) is 71.5 Å². The monoisotopic (exact) mass is 453 g/mol. The largest absolute Gasteiger partial charge is 0.467 e. The summed E-state index contributed by atoms with van der Waals surface area (Å²) < 4.78 is 48.0. The summed E-state index contributed by atoms with van der Waals surface area (Å²) >= 11 is 0. The first-order chi connectivity index (χ1) is 15.3. The lowest BCUT2D eigenvalue weighted by atomic mass is 10.0. The molecule has 0 saturated heterocycles. The lowest BCUT2D eigenvalue weighted by Crippen LogP contribution is -2.14. The van der Waals surface area contributed by atoms with Crippen LogP contribution in [0.15, 0.2) is 59.8 Å². The van der Waals surface area contributed by atoms with E-state index in [4.69, 9.17) is 4.74 Å². The van der Waals surface area contributed by atoms with E-state index in [1.165, 1.54) is 23.5 Å². The number of halogens is 1. The molecule has 0 bridgehead atoms. The van der Waals surface area contributed by atoms with Gasteiger partial charge in [0.25, 0.3) is 10.0 Å². The molecular weight excluding hydrogens is 433 g/mol. The molecule has 5 rings (SSSR count). The SMILES string of the molecule is COc1ncc(-c2cc3c4c(ccc3n2S(=O)(=O)c2ccc(C)cc2)[C@@H](O)[C@@H](F)C4)cn1. The van der Waals surface area contributed by atoms with Crippen LogP contribution in [-0.2, 0) is 16.4 Å². The molecule has 0 amide bonds. The van der Waals surface area contributed by atoms with Crippen LogP contribution in [0.3, 0.4) is 0 Å². The third-order valence-electron chi connectivity index (χ3n) is 5.82. The number of methoxy groups -OCH3 is 1. The zero-order valence-corrected chi connectivity index (χ0v) is 18.2. The number of hydrogen-bond donors (Lipinski definition) is 1. The summed E-state index contributed by atoms with van der Waals surface area (Å²) in [6.45, 7) is 1.88. The van der Waals surface area contributed by atoms with E-state index in [1.54, 1.807) is 42.5 Å². The first-order valence-electron chi connectivity index (χ1n) is 9.99. The Morgan fingerprint density at radius 2 is 1.81 bits per heavy atom. The van der Waals surface area contributed by atoms with E-state index >= 15 is 0 Å². The van der Waals surface area contributed by atoms with Gasteiger partial charge in [0.05, 0.1) is 23.2 Å². The molecule has 9 heteroatoms. The zero-order chi connectivity index (χ0) is 22.6. The Balaban J connectivity index is 1.81. The van der Waals surface area contributed by atoms with Crippen LogP contribution in [0.25, 0.3) is 22.2 Å². The highest BCUT2D eigenvalue weighted by molar-refractivity contribution is 7.90. The van der Waals surface area contributed by atoms with Crippen molar-refractivity contribution in [2.24, 2.45) is 0 Å². The smallest absolute Gasteiger partial charge is 0.316 e. The minimum atomic E-state index is -4.00. The second-order valence-electron chi connectivity index (χ2n) is 7.80. The molecule has 1 aliphatic carbocycles. The minimum absolute atomic E-state index is 0.0149. The summed E-state index contributed by atoms with van der Waals surface area (Å²) in [7, 11) is -2.56. The number of aliphatic hydroxyl groups is 1. The topological polar surface area (TPSA) is 94.3 Å². The molecule has 1 N–H and O–H groups in total. The van der Waals surface area contributed by atoms with Crippen molar-refractivity contribution in [2.75, 3.05) is 7.11 Å². The Morgan fingerprint density at radius 1 is 1.12 bits per heavy atom. The maximum absolute atomic E-state index is 14.3. The maximum atomic E-state index is 14.3. The first kappa shape index (κ1) is 20.6. The summed E-state index contributed by atoms with van der Waals surface area (Å²) in [5, 5.41) is 10.8. The van der Waals surface area contributed by atoms with E-state index in [2.05, 4.69) is 9.97 Å². The number of rotatable bonds is 4. The first-order valence-corrected chi connectivity index (χ1v) is 11.4. The number of hydrogen-bond acceptors (Lipinski definition) is 6. The number of aryl methyl sites for hydroxylation is 1.